The first-order valence-electron chi connectivity index (χ1n) is 10.8. The lowest BCUT2D eigenvalue weighted by molar-refractivity contribution is -0.128. The number of aromatic nitrogens is 1. The van der Waals surface area contributed by atoms with Crippen LogP contribution in [-0.4, -0.2) is 59.4 Å². The molecule has 166 valence electrons. The molecule has 0 radical (unpaired) electrons. The van der Waals surface area contributed by atoms with Crippen LogP contribution in [0.3, 0.4) is 0 Å². The monoisotopic (exact) mass is 450 g/mol. The summed E-state index contributed by atoms with van der Waals surface area (Å²) in [5, 5.41) is 4.23. The van der Waals surface area contributed by atoms with Crippen molar-refractivity contribution in [1.29, 1.82) is 0 Å². The van der Waals surface area contributed by atoms with Gasteiger partial charge in [-0.2, -0.15) is 0 Å². The third kappa shape index (κ3) is 4.56. The van der Waals surface area contributed by atoms with Crippen LogP contribution < -0.4 is 5.32 Å². The van der Waals surface area contributed by atoms with Crippen LogP contribution in [-0.2, 0) is 11.3 Å². The fourth-order valence-corrected chi connectivity index (χ4v) is 4.20. The number of para-hydroxylation sites is 1. The number of carbonyl (C=O) groups is 2. The van der Waals surface area contributed by atoms with Crippen molar-refractivity contribution in [2.75, 3.05) is 33.2 Å². The Morgan fingerprint density at radius 1 is 1.03 bits per heavy atom. The number of hydrogen-bond acceptors (Lipinski definition) is 3. The first-order valence-corrected chi connectivity index (χ1v) is 11.2. The molecule has 0 atom stereocenters. The molecule has 1 aliphatic heterocycles. The molecule has 7 heteroatoms. The van der Waals surface area contributed by atoms with Crippen molar-refractivity contribution in [2.24, 2.45) is 0 Å². The van der Waals surface area contributed by atoms with Crippen LogP contribution in [0.4, 0.5) is 0 Å². The van der Waals surface area contributed by atoms with E-state index in [2.05, 4.69) is 27.8 Å². The van der Waals surface area contributed by atoms with Crippen LogP contribution in [0.15, 0.2) is 60.4 Å². The molecule has 32 heavy (non-hydrogen) atoms. The number of amides is 2. The Morgan fingerprint density at radius 3 is 2.44 bits per heavy atom. The Kier molecular flexibility index (Phi) is 6.63. The normalized spacial score (nSPS) is 15.2. The number of hydrogen-bond donors (Lipinski definition) is 1. The molecule has 0 spiro atoms. The molecule has 1 aromatic heterocycles. The van der Waals surface area contributed by atoms with E-state index in [1.165, 1.54) is 0 Å². The van der Waals surface area contributed by atoms with Crippen molar-refractivity contribution in [3.05, 3.63) is 76.6 Å². The molecule has 1 N–H and O–H groups in total. The van der Waals surface area contributed by atoms with Gasteiger partial charge < -0.3 is 19.7 Å². The number of aryl methyl sites for hydroxylation is 1. The Labute approximate surface area is 193 Å². The minimum absolute atomic E-state index is 0.188. The Hall–Kier alpha value is -3.09. The minimum Gasteiger partial charge on any atom is -0.347 e. The van der Waals surface area contributed by atoms with E-state index < -0.39 is 5.91 Å². The maximum atomic E-state index is 13.5. The van der Waals surface area contributed by atoms with Crippen molar-refractivity contribution in [3.8, 4) is 0 Å². The lowest BCUT2D eigenvalue weighted by atomic mass is 10.1. The highest BCUT2D eigenvalue weighted by atomic mass is 35.5. The smallest absolute Gasteiger partial charge is 0.270 e. The lowest BCUT2D eigenvalue weighted by Crippen LogP contribution is -2.49. The highest BCUT2D eigenvalue weighted by Gasteiger charge is 2.25. The molecule has 2 aromatic carbocycles. The van der Waals surface area contributed by atoms with Crippen LogP contribution in [0.2, 0.25) is 5.02 Å². The van der Waals surface area contributed by atoms with E-state index in [1.807, 2.05) is 31.4 Å². The van der Waals surface area contributed by atoms with Gasteiger partial charge in [-0.25, -0.2) is 0 Å². The van der Waals surface area contributed by atoms with Gasteiger partial charge in [-0.05, 0) is 38.2 Å². The molecule has 1 aliphatic rings. The number of halogens is 1. The molecule has 2 amide bonds. The molecule has 0 saturated carbocycles. The number of nitrogens with zero attached hydrogens (tertiary/aromatic N) is 3. The second-order valence-electron chi connectivity index (χ2n) is 7.98. The standard InChI is InChI=1S/C25H27ClN4O2/c1-3-29-17-18(19-8-5-7-11-23(19)29)16-22(25(32)30-14-12-28(2)13-15-30)27-24(31)20-9-4-6-10-21(20)26/h4-11,16-17H,3,12-15H2,1-2H3,(H,27,31)/b22-16-. The Balaban J connectivity index is 1.73. The molecular formula is C25H27ClN4O2. The number of carbonyl (C=O) groups excluding carboxylic acids is 2. The number of piperazine rings is 1. The molecule has 3 aromatic rings. The van der Waals surface area contributed by atoms with Crippen LogP contribution in [0.5, 0.6) is 0 Å². The summed E-state index contributed by atoms with van der Waals surface area (Å²) in [6.45, 7) is 5.72. The fraction of sp³-hybridized carbons (Fsp3) is 0.280. The van der Waals surface area contributed by atoms with E-state index >= 15 is 0 Å². The molecule has 0 aliphatic carbocycles. The summed E-state index contributed by atoms with van der Waals surface area (Å²) in [7, 11) is 2.04. The molecule has 1 saturated heterocycles. The van der Waals surface area contributed by atoms with Gasteiger partial charge in [-0.3, -0.25) is 9.59 Å². The first-order chi connectivity index (χ1) is 15.5. The summed E-state index contributed by atoms with van der Waals surface area (Å²) in [6, 6.07) is 14.9. The second-order valence-corrected chi connectivity index (χ2v) is 8.38. The predicted molar refractivity (Wildman–Crippen MR) is 129 cm³/mol. The van der Waals surface area contributed by atoms with E-state index in [0.29, 0.717) is 23.7 Å². The Morgan fingerprint density at radius 2 is 1.72 bits per heavy atom. The average Bonchev–Trinajstić information content (AvgIpc) is 3.16. The minimum atomic E-state index is -0.399. The van der Waals surface area contributed by atoms with E-state index in [9.17, 15) is 9.59 Å². The van der Waals surface area contributed by atoms with Gasteiger partial charge in [0, 0.05) is 55.4 Å². The molecule has 4 rings (SSSR count). The summed E-state index contributed by atoms with van der Waals surface area (Å²) in [4.78, 5) is 30.4. The number of rotatable bonds is 5. The third-order valence-corrected chi connectivity index (χ3v) is 6.18. The van der Waals surface area contributed by atoms with Gasteiger partial charge in [0.25, 0.3) is 11.8 Å². The zero-order chi connectivity index (χ0) is 22.7. The van der Waals surface area contributed by atoms with Gasteiger partial charge in [0.1, 0.15) is 5.70 Å². The lowest BCUT2D eigenvalue weighted by Gasteiger charge is -2.33. The van der Waals surface area contributed by atoms with Crippen LogP contribution in [0, 0.1) is 0 Å². The maximum absolute atomic E-state index is 13.5. The van der Waals surface area contributed by atoms with Crippen LogP contribution in [0.1, 0.15) is 22.8 Å². The van der Waals surface area contributed by atoms with Crippen LogP contribution >= 0.6 is 11.6 Å². The average molecular weight is 451 g/mol. The van der Waals surface area contributed by atoms with Gasteiger partial charge in [-0.1, -0.05) is 41.9 Å². The van der Waals surface area contributed by atoms with Crippen molar-refractivity contribution in [2.45, 2.75) is 13.5 Å². The van der Waals surface area contributed by atoms with Gasteiger partial charge in [0.05, 0.1) is 10.6 Å². The maximum Gasteiger partial charge on any atom is 0.270 e. The largest absolute Gasteiger partial charge is 0.347 e. The van der Waals surface area contributed by atoms with Crippen molar-refractivity contribution in [1.82, 2.24) is 19.7 Å². The molecular weight excluding hydrogens is 424 g/mol. The molecule has 2 heterocycles. The summed E-state index contributed by atoms with van der Waals surface area (Å²) >= 11 is 6.22. The zero-order valence-corrected chi connectivity index (χ0v) is 19.1. The quantitative estimate of drug-likeness (QED) is 0.600. The van der Waals surface area contributed by atoms with Crippen molar-refractivity contribution >= 4 is 40.4 Å². The summed E-state index contributed by atoms with van der Waals surface area (Å²) in [6.07, 6.45) is 3.80. The molecule has 6 nitrogen and oxygen atoms in total. The Bertz CT molecular complexity index is 1180. The first kappa shape index (κ1) is 22.1. The summed E-state index contributed by atoms with van der Waals surface area (Å²) in [5.41, 5.74) is 2.56. The van der Waals surface area contributed by atoms with Gasteiger partial charge in [-0.15, -0.1) is 0 Å². The third-order valence-electron chi connectivity index (χ3n) is 5.85. The number of fused-ring (bicyclic) bond motifs is 1. The highest BCUT2D eigenvalue weighted by molar-refractivity contribution is 6.34. The van der Waals surface area contributed by atoms with Crippen molar-refractivity contribution in [3.63, 3.8) is 0 Å². The van der Waals surface area contributed by atoms with Gasteiger partial charge in [0.15, 0.2) is 0 Å². The van der Waals surface area contributed by atoms with E-state index in [0.717, 1.165) is 36.1 Å². The molecule has 1 fully saturated rings. The summed E-state index contributed by atoms with van der Waals surface area (Å²) in [5.74, 6) is -0.588. The van der Waals surface area contributed by atoms with E-state index in [4.69, 9.17) is 11.6 Å². The highest BCUT2D eigenvalue weighted by Crippen LogP contribution is 2.24. The van der Waals surface area contributed by atoms with Gasteiger partial charge in [0.2, 0.25) is 0 Å². The van der Waals surface area contributed by atoms with Crippen molar-refractivity contribution < 1.29 is 9.59 Å². The predicted octanol–water partition coefficient (Wildman–Crippen LogP) is 3.86. The molecule has 0 bridgehead atoms. The number of nitrogens with one attached hydrogen (secondary N) is 1. The van der Waals surface area contributed by atoms with E-state index in [-0.39, 0.29) is 11.6 Å². The second kappa shape index (κ2) is 9.59. The zero-order valence-electron chi connectivity index (χ0n) is 18.3. The SMILES string of the molecule is CCn1cc(/C=C(\NC(=O)c2ccccc2Cl)C(=O)N2CCN(C)CC2)c2ccccc21. The number of likely N-dealkylation sites (N-methyl/N-ethyl adjacent to an activating group) is 1. The van der Waals surface area contributed by atoms with Crippen LogP contribution in [0.25, 0.3) is 17.0 Å². The fourth-order valence-electron chi connectivity index (χ4n) is 3.97. The molecule has 0 unspecified atom stereocenters. The van der Waals surface area contributed by atoms with E-state index in [1.54, 1.807) is 35.2 Å². The van der Waals surface area contributed by atoms with Gasteiger partial charge >= 0.3 is 0 Å². The topological polar surface area (TPSA) is 57.6 Å². The number of benzene rings is 2. The summed E-state index contributed by atoms with van der Waals surface area (Å²) < 4.78 is 2.13.